The first-order valence-electron chi connectivity index (χ1n) is 9.57. The van der Waals surface area contributed by atoms with Gasteiger partial charge in [-0.1, -0.05) is 18.6 Å². The molecule has 1 aliphatic carbocycles. The number of hydrogen-bond acceptors (Lipinski definition) is 5. The number of carbonyl (C=O) groups is 1. The summed E-state index contributed by atoms with van der Waals surface area (Å²) in [4.78, 5) is 12.2. The number of benzene rings is 1. The minimum Gasteiger partial charge on any atom is -0.379 e. The standard InChI is InChI=1S/C19H27N3O4S/c23-19(21-20-17-4-2-1-3-5-17)11-8-16-6-9-18(10-7-16)27(24,25)22-12-14-26-15-13-22/h6-7,9-10H,1-5,8,11-15H2,(H,21,23). The van der Waals surface area contributed by atoms with E-state index in [0.29, 0.717) is 39.1 Å². The van der Waals surface area contributed by atoms with Crippen LogP contribution in [-0.4, -0.2) is 50.6 Å². The van der Waals surface area contributed by atoms with Crippen molar-refractivity contribution in [3.05, 3.63) is 29.8 Å². The summed E-state index contributed by atoms with van der Waals surface area (Å²) in [5.74, 6) is -0.113. The van der Waals surface area contributed by atoms with Gasteiger partial charge in [0.25, 0.3) is 0 Å². The minimum absolute atomic E-state index is 0.113. The largest absolute Gasteiger partial charge is 0.379 e. The highest BCUT2D eigenvalue weighted by atomic mass is 32.2. The van der Waals surface area contributed by atoms with Crippen molar-refractivity contribution < 1.29 is 17.9 Å². The van der Waals surface area contributed by atoms with Crippen LogP contribution in [0.5, 0.6) is 0 Å². The molecule has 1 aliphatic heterocycles. The van der Waals surface area contributed by atoms with Crippen molar-refractivity contribution in [2.75, 3.05) is 26.3 Å². The number of nitrogens with zero attached hydrogens (tertiary/aromatic N) is 2. The number of aryl methyl sites for hydroxylation is 1. The maximum atomic E-state index is 12.6. The highest BCUT2D eigenvalue weighted by Crippen LogP contribution is 2.18. The minimum atomic E-state index is -3.47. The van der Waals surface area contributed by atoms with Crippen LogP contribution in [0.1, 0.15) is 44.1 Å². The smallest absolute Gasteiger partial charge is 0.243 e. The lowest BCUT2D eigenvalue weighted by molar-refractivity contribution is -0.121. The van der Waals surface area contributed by atoms with Crippen molar-refractivity contribution in [3.8, 4) is 0 Å². The lowest BCUT2D eigenvalue weighted by atomic mass is 9.99. The van der Waals surface area contributed by atoms with E-state index in [0.717, 1.165) is 37.0 Å². The highest BCUT2D eigenvalue weighted by Gasteiger charge is 2.26. The van der Waals surface area contributed by atoms with E-state index < -0.39 is 10.0 Å². The maximum absolute atomic E-state index is 12.6. The predicted molar refractivity (Wildman–Crippen MR) is 103 cm³/mol. The Balaban J connectivity index is 1.50. The molecule has 27 heavy (non-hydrogen) atoms. The SMILES string of the molecule is O=C(CCc1ccc(S(=O)(=O)N2CCOCC2)cc1)NN=C1CCCCC1. The van der Waals surface area contributed by atoms with Crippen molar-refractivity contribution in [3.63, 3.8) is 0 Å². The van der Waals surface area contributed by atoms with Crippen LogP contribution in [0.4, 0.5) is 0 Å². The lowest BCUT2D eigenvalue weighted by Crippen LogP contribution is -2.40. The first-order valence-corrected chi connectivity index (χ1v) is 11.0. The lowest BCUT2D eigenvalue weighted by Gasteiger charge is -2.26. The molecule has 1 amide bonds. The Morgan fingerprint density at radius 1 is 1.07 bits per heavy atom. The molecule has 0 radical (unpaired) electrons. The van der Waals surface area contributed by atoms with E-state index in [4.69, 9.17) is 4.74 Å². The van der Waals surface area contributed by atoms with Crippen LogP contribution in [0.25, 0.3) is 0 Å². The predicted octanol–water partition coefficient (Wildman–Crippen LogP) is 2.08. The van der Waals surface area contributed by atoms with Gasteiger partial charge in [0.05, 0.1) is 18.1 Å². The molecule has 1 N–H and O–H groups in total. The molecule has 8 heteroatoms. The highest BCUT2D eigenvalue weighted by molar-refractivity contribution is 7.89. The van der Waals surface area contributed by atoms with Crippen LogP contribution in [0, 0.1) is 0 Å². The first-order chi connectivity index (χ1) is 13.1. The number of amides is 1. The van der Waals surface area contributed by atoms with Gasteiger partial charge in [0, 0.05) is 25.2 Å². The summed E-state index contributed by atoms with van der Waals surface area (Å²) >= 11 is 0. The zero-order valence-corrected chi connectivity index (χ0v) is 16.3. The average molecular weight is 394 g/mol. The Hall–Kier alpha value is -1.77. The number of rotatable bonds is 6. The Kier molecular flexibility index (Phi) is 6.98. The number of hydrazone groups is 1. The van der Waals surface area contributed by atoms with Crippen LogP contribution >= 0.6 is 0 Å². The molecule has 0 unspecified atom stereocenters. The van der Waals surface area contributed by atoms with E-state index in [1.54, 1.807) is 24.3 Å². The van der Waals surface area contributed by atoms with Crippen LogP contribution in [0.2, 0.25) is 0 Å². The number of hydrogen-bond donors (Lipinski definition) is 1. The summed E-state index contributed by atoms with van der Waals surface area (Å²) in [5.41, 5.74) is 4.64. The van der Waals surface area contributed by atoms with Gasteiger partial charge in [0.15, 0.2) is 0 Å². The van der Waals surface area contributed by atoms with Crippen molar-refractivity contribution in [1.82, 2.24) is 9.73 Å². The molecule has 0 atom stereocenters. The summed E-state index contributed by atoms with van der Waals surface area (Å²) in [6.45, 7) is 1.62. The number of nitrogens with one attached hydrogen (secondary N) is 1. The summed E-state index contributed by atoms with van der Waals surface area (Å²) in [7, 11) is -3.47. The molecule has 0 bridgehead atoms. The fraction of sp³-hybridized carbons (Fsp3) is 0.579. The normalized spacial score (nSPS) is 18.9. The first kappa shape index (κ1) is 20.0. The van der Waals surface area contributed by atoms with E-state index in [1.807, 2.05) is 0 Å². The third-order valence-corrected chi connectivity index (χ3v) is 6.85. The van der Waals surface area contributed by atoms with Crippen molar-refractivity contribution in [2.24, 2.45) is 5.10 Å². The molecule has 1 saturated heterocycles. The fourth-order valence-corrected chi connectivity index (χ4v) is 4.70. The zero-order valence-electron chi connectivity index (χ0n) is 15.5. The molecular formula is C19H27N3O4S. The summed E-state index contributed by atoms with van der Waals surface area (Å²) in [5, 5.41) is 4.22. The number of morpholine rings is 1. The maximum Gasteiger partial charge on any atom is 0.243 e. The second-order valence-electron chi connectivity index (χ2n) is 6.93. The van der Waals surface area contributed by atoms with E-state index in [9.17, 15) is 13.2 Å². The Labute approximate surface area is 160 Å². The van der Waals surface area contributed by atoms with Crippen LogP contribution in [0.3, 0.4) is 0 Å². The second kappa shape index (κ2) is 9.43. The summed E-state index contributed by atoms with van der Waals surface area (Å²) < 4.78 is 31.8. The van der Waals surface area contributed by atoms with Gasteiger partial charge in [-0.05, 0) is 49.8 Å². The Morgan fingerprint density at radius 2 is 1.74 bits per heavy atom. The molecule has 2 fully saturated rings. The van der Waals surface area contributed by atoms with E-state index in [2.05, 4.69) is 10.5 Å². The average Bonchev–Trinajstić information content (AvgIpc) is 2.72. The van der Waals surface area contributed by atoms with Gasteiger partial charge in [0.1, 0.15) is 0 Å². The van der Waals surface area contributed by atoms with Gasteiger partial charge in [-0.2, -0.15) is 9.41 Å². The Morgan fingerprint density at radius 3 is 2.41 bits per heavy atom. The zero-order chi connectivity index (χ0) is 19.1. The monoisotopic (exact) mass is 393 g/mol. The van der Waals surface area contributed by atoms with Gasteiger partial charge >= 0.3 is 0 Å². The van der Waals surface area contributed by atoms with Gasteiger partial charge < -0.3 is 4.74 Å². The van der Waals surface area contributed by atoms with Crippen LogP contribution < -0.4 is 5.43 Å². The molecule has 148 valence electrons. The molecule has 7 nitrogen and oxygen atoms in total. The quantitative estimate of drug-likeness (QED) is 0.750. The summed E-state index contributed by atoms with van der Waals surface area (Å²) in [6.07, 6.45) is 6.35. The van der Waals surface area contributed by atoms with E-state index in [1.165, 1.54) is 10.7 Å². The molecule has 0 aromatic heterocycles. The molecule has 0 spiro atoms. The van der Waals surface area contributed by atoms with Crippen molar-refractivity contribution in [2.45, 2.75) is 49.8 Å². The van der Waals surface area contributed by atoms with Gasteiger partial charge in [-0.25, -0.2) is 13.8 Å². The molecule has 1 heterocycles. The Bertz CT molecular complexity index is 761. The van der Waals surface area contributed by atoms with E-state index >= 15 is 0 Å². The van der Waals surface area contributed by atoms with Gasteiger partial charge in [-0.3, -0.25) is 4.79 Å². The van der Waals surface area contributed by atoms with E-state index in [-0.39, 0.29) is 10.8 Å². The number of carbonyl (C=O) groups excluding carboxylic acids is 1. The van der Waals surface area contributed by atoms with Gasteiger partial charge in [0.2, 0.25) is 15.9 Å². The molecule has 1 saturated carbocycles. The third kappa shape index (κ3) is 5.60. The molecule has 1 aromatic rings. The fourth-order valence-electron chi connectivity index (χ4n) is 3.29. The molecule has 1 aromatic carbocycles. The topological polar surface area (TPSA) is 88.1 Å². The van der Waals surface area contributed by atoms with Crippen LogP contribution in [0.15, 0.2) is 34.3 Å². The number of sulfonamides is 1. The molecular weight excluding hydrogens is 366 g/mol. The second-order valence-corrected chi connectivity index (χ2v) is 8.87. The van der Waals surface area contributed by atoms with Crippen LogP contribution in [-0.2, 0) is 26.0 Å². The third-order valence-electron chi connectivity index (χ3n) is 4.94. The van der Waals surface area contributed by atoms with Crippen molar-refractivity contribution >= 4 is 21.6 Å². The molecule has 2 aliphatic rings. The summed E-state index contributed by atoms with van der Waals surface area (Å²) in [6, 6.07) is 6.77. The molecule has 3 rings (SSSR count). The number of ether oxygens (including phenoxy) is 1. The van der Waals surface area contributed by atoms with Crippen molar-refractivity contribution in [1.29, 1.82) is 0 Å². The van der Waals surface area contributed by atoms with Gasteiger partial charge in [-0.15, -0.1) is 0 Å².